The summed E-state index contributed by atoms with van der Waals surface area (Å²) < 4.78 is 1.80. The van der Waals surface area contributed by atoms with Crippen LogP contribution >= 0.6 is 0 Å². The van der Waals surface area contributed by atoms with Gasteiger partial charge < -0.3 is 10.3 Å². The quantitative estimate of drug-likeness (QED) is 0.885. The van der Waals surface area contributed by atoms with Crippen LogP contribution in [0.3, 0.4) is 0 Å². The van der Waals surface area contributed by atoms with E-state index in [1.165, 1.54) is 6.07 Å². The van der Waals surface area contributed by atoms with Gasteiger partial charge in [0.25, 0.3) is 5.56 Å². The fourth-order valence-corrected chi connectivity index (χ4v) is 1.06. The van der Waals surface area contributed by atoms with E-state index in [0.29, 0.717) is 11.9 Å². The predicted octanol–water partition coefficient (Wildman–Crippen LogP) is 2.92. The maximum absolute atomic E-state index is 10.8. The van der Waals surface area contributed by atoms with Crippen LogP contribution in [0, 0.1) is 5.92 Å². The Bertz CT molecular complexity index is 334. The Hall–Kier alpha value is -1.32. The molecule has 0 aliphatic rings. The van der Waals surface area contributed by atoms with Gasteiger partial charge in [0.2, 0.25) is 5.95 Å². The highest BCUT2D eigenvalue weighted by Crippen LogP contribution is 2.06. The van der Waals surface area contributed by atoms with Crippen molar-refractivity contribution in [1.29, 1.82) is 0 Å². The summed E-state index contributed by atoms with van der Waals surface area (Å²) in [5.41, 5.74) is 5.30. The standard InChI is InChI=1S/C9H15N3O.2C2H6/c1-3-7(2)6-12-5-4-8(13)11-9(12)10;2*1-2/h4-5,7H,3,6H2,1-2H3,(H2,10,11,13);2*1-2H3. The second kappa shape index (κ2) is 11.2. The van der Waals surface area contributed by atoms with E-state index >= 15 is 0 Å². The molecule has 0 spiro atoms. The normalized spacial score (nSPS) is 10.5. The third kappa shape index (κ3) is 7.55. The second-order valence-corrected chi connectivity index (χ2v) is 3.29. The molecular weight excluding hydrogens is 214 g/mol. The topological polar surface area (TPSA) is 60.9 Å². The zero-order chi connectivity index (χ0) is 13.8. The zero-order valence-corrected chi connectivity index (χ0v) is 12.0. The van der Waals surface area contributed by atoms with Gasteiger partial charge in [-0.1, -0.05) is 48.0 Å². The van der Waals surface area contributed by atoms with Crippen LogP contribution < -0.4 is 11.3 Å². The van der Waals surface area contributed by atoms with Crippen LogP contribution in [0.4, 0.5) is 5.95 Å². The van der Waals surface area contributed by atoms with Gasteiger partial charge in [-0.15, -0.1) is 0 Å². The van der Waals surface area contributed by atoms with Crippen molar-refractivity contribution >= 4 is 5.95 Å². The molecule has 0 aliphatic carbocycles. The molecule has 0 aromatic carbocycles. The number of nitrogen functional groups attached to an aromatic ring is 1. The minimum Gasteiger partial charge on any atom is -0.369 e. The molecule has 1 atom stereocenters. The van der Waals surface area contributed by atoms with Crippen molar-refractivity contribution in [3.63, 3.8) is 0 Å². The average molecular weight is 241 g/mol. The van der Waals surface area contributed by atoms with Gasteiger partial charge in [-0.2, -0.15) is 4.98 Å². The first-order valence-electron chi connectivity index (χ1n) is 6.46. The molecule has 0 saturated carbocycles. The van der Waals surface area contributed by atoms with Gasteiger partial charge in [-0.05, 0) is 5.92 Å². The van der Waals surface area contributed by atoms with E-state index in [-0.39, 0.29) is 5.56 Å². The SMILES string of the molecule is CC.CC.CCC(C)Cn1ccc(=O)nc1N. The molecule has 1 heterocycles. The van der Waals surface area contributed by atoms with Crippen LogP contribution in [0.1, 0.15) is 48.0 Å². The van der Waals surface area contributed by atoms with Gasteiger partial charge in [-0.25, -0.2) is 0 Å². The lowest BCUT2D eigenvalue weighted by atomic mass is 10.1. The van der Waals surface area contributed by atoms with E-state index in [2.05, 4.69) is 18.8 Å². The number of nitrogens with zero attached hydrogens (tertiary/aromatic N) is 2. The largest absolute Gasteiger partial charge is 0.369 e. The number of nitrogens with two attached hydrogens (primary N) is 1. The van der Waals surface area contributed by atoms with Crippen LogP contribution in [-0.4, -0.2) is 9.55 Å². The highest BCUT2D eigenvalue weighted by molar-refractivity contribution is 5.15. The van der Waals surface area contributed by atoms with Gasteiger partial charge in [-0.3, -0.25) is 4.79 Å². The van der Waals surface area contributed by atoms with Crippen LogP contribution in [0.2, 0.25) is 0 Å². The van der Waals surface area contributed by atoms with Gasteiger partial charge in [0.05, 0.1) is 0 Å². The summed E-state index contributed by atoms with van der Waals surface area (Å²) in [5, 5.41) is 0. The maximum Gasteiger partial charge on any atom is 0.274 e. The molecule has 4 heteroatoms. The van der Waals surface area contributed by atoms with E-state index in [9.17, 15) is 4.79 Å². The molecule has 0 fully saturated rings. The Labute approximate surface area is 105 Å². The van der Waals surface area contributed by atoms with Crippen molar-refractivity contribution in [3.8, 4) is 0 Å². The summed E-state index contributed by atoms with van der Waals surface area (Å²) in [7, 11) is 0. The Morgan fingerprint density at radius 1 is 1.35 bits per heavy atom. The van der Waals surface area contributed by atoms with Crippen LogP contribution in [0.5, 0.6) is 0 Å². The number of hydrogen-bond donors (Lipinski definition) is 1. The number of anilines is 1. The molecule has 0 bridgehead atoms. The minimum absolute atomic E-state index is 0.280. The fraction of sp³-hybridized carbons (Fsp3) is 0.692. The monoisotopic (exact) mass is 241 g/mol. The van der Waals surface area contributed by atoms with Gasteiger partial charge in [0, 0.05) is 18.8 Å². The van der Waals surface area contributed by atoms with Crippen LogP contribution in [-0.2, 0) is 6.54 Å². The molecule has 1 aromatic heterocycles. The van der Waals surface area contributed by atoms with Crippen molar-refractivity contribution in [2.24, 2.45) is 5.92 Å². The summed E-state index contributed by atoms with van der Waals surface area (Å²) in [6, 6.07) is 1.43. The Morgan fingerprint density at radius 2 is 1.88 bits per heavy atom. The van der Waals surface area contributed by atoms with Crippen molar-refractivity contribution in [2.45, 2.75) is 54.5 Å². The van der Waals surface area contributed by atoms with Gasteiger partial charge in [0.1, 0.15) is 0 Å². The van der Waals surface area contributed by atoms with Crippen molar-refractivity contribution in [3.05, 3.63) is 22.6 Å². The van der Waals surface area contributed by atoms with Crippen LogP contribution in [0.25, 0.3) is 0 Å². The molecule has 0 amide bonds. The highest BCUT2D eigenvalue weighted by Gasteiger charge is 2.02. The molecule has 4 nitrogen and oxygen atoms in total. The molecule has 0 saturated heterocycles. The smallest absolute Gasteiger partial charge is 0.274 e. The molecule has 1 rings (SSSR count). The van der Waals surface area contributed by atoms with Gasteiger partial charge >= 0.3 is 0 Å². The fourth-order valence-electron chi connectivity index (χ4n) is 1.06. The third-order valence-electron chi connectivity index (χ3n) is 2.12. The number of rotatable bonds is 3. The minimum atomic E-state index is -0.280. The van der Waals surface area contributed by atoms with Crippen molar-refractivity contribution in [2.75, 3.05) is 5.73 Å². The molecule has 2 N–H and O–H groups in total. The van der Waals surface area contributed by atoms with E-state index in [1.807, 2.05) is 27.7 Å². The first-order valence-corrected chi connectivity index (χ1v) is 6.46. The number of hydrogen-bond acceptors (Lipinski definition) is 3. The molecule has 1 aromatic rings. The van der Waals surface area contributed by atoms with E-state index in [1.54, 1.807) is 10.8 Å². The van der Waals surface area contributed by atoms with E-state index in [0.717, 1.165) is 13.0 Å². The first kappa shape index (κ1) is 18.1. The Balaban J connectivity index is 0. The number of aromatic nitrogens is 2. The predicted molar refractivity (Wildman–Crippen MR) is 75.1 cm³/mol. The maximum atomic E-state index is 10.8. The second-order valence-electron chi connectivity index (χ2n) is 3.29. The lowest BCUT2D eigenvalue weighted by molar-refractivity contribution is 0.467. The summed E-state index contributed by atoms with van der Waals surface area (Å²) in [4.78, 5) is 14.4. The summed E-state index contributed by atoms with van der Waals surface area (Å²) in [5.74, 6) is 0.847. The molecule has 100 valence electrons. The third-order valence-corrected chi connectivity index (χ3v) is 2.12. The first-order chi connectivity index (χ1) is 8.13. The highest BCUT2D eigenvalue weighted by atomic mass is 16.1. The Morgan fingerprint density at radius 3 is 2.29 bits per heavy atom. The van der Waals surface area contributed by atoms with E-state index in [4.69, 9.17) is 5.73 Å². The Kier molecular flexibility index (Phi) is 11.9. The summed E-state index contributed by atoms with van der Waals surface area (Å²) in [6.45, 7) is 13.1. The van der Waals surface area contributed by atoms with Crippen LogP contribution in [0.15, 0.2) is 17.1 Å². The van der Waals surface area contributed by atoms with E-state index < -0.39 is 0 Å². The molecule has 17 heavy (non-hydrogen) atoms. The summed E-state index contributed by atoms with van der Waals surface area (Å²) in [6.07, 6.45) is 2.78. The molecule has 0 radical (unpaired) electrons. The molecular formula is C13H27N3O. The van der Waals surface area contributed by atoms with Crippen molar-refractivity contribution < 1.29 is 0 Å². The summed E-state index contributed by atoms with van der Waals surface area (Å²) >= 11 is 0. The lowest BCUT2D eigenvalue weighted by Gasteiger charge is -2.12. The molecule has 1 unspecified atom stereocenters. The molecule has 0 aliphatic heterocycles. The lowest BCUT2D eigenvalue weighted by Crippen LogP contribution is -2.17. The zero-order valence-electron chi connectivity index (χ0n) is 12.0. The van der Waals surface area contributed by atoms with Crippen molar-refractivity contribution in [1.82, 2.24) is 9.55 Å². The average Bonchev–Trinajstić information content (AvgIpc) is 2.37. The van der Waals surface area contributed by atoms with Gasteiger partial charge in [0.15, 0.2) is 0 Å².